The summed E-state index contributed by atoms with van der Waals surface area (Å²) in [5.74, 6) is -0.619. The van der Waals surface area contributed by atoms with Gasteiger partial charge in [-0.3, -0.25) is 9.78 Å². The van der Waals surface area contributed by atoms with Gasteiger partial charge in [-0.2, -0.15) is 0 Å². The summed E-state index contributed by atoms with van der Waals surface area (Å²) in [7, 11) is 3.22. The van der Waals surface area contributed by atoms with Crippen LogP contribution in [-0.4, -0.2) is 34.9 Å². The van der Waals surface area contributed by atoms with Crippen molar-refractivity contribution in [3.05, 3.63) is 60.4 Å². The van der Waals surface area contributed by atoms with E-state index in [-0.39, 0.29) is 22.9 Å². The van der Waals surface area contributed by atoms with E-state index in [1.165, 1.54) is 23.4 Å². The van der Waals surface area contributed by atoms with Gasteiger partial charge < -0.3 is 9.32 Å². The summed E-state index contributed by atoms with van der Waals surface area (Å²) >= 11 is 0. The lowest BCUT2D eigenvalue weighted by atomic mass is 9.99. The molecule has 23 heavy (non-hydrogen) atoms. The maximum atomic E-state index is 14.7. The molecule has 0 saturated carbocycles. The van der Waals surface area contributed by atoms with Gasteiger partial charge in [0.25, 0.3) is 5.91 Å². The van der Waals surface area contributed by atoms with Crippen LogP contribution in [0, 0.1) is 5.82 Å². The molecule has 0 unspecified atom stereocenters. The second-order valence-electron chi connectivity index (χ2n) is 5.13. The Morgan fingerprint density at radius 3 is 2.61 bits per heavy atom. The van der Waals surface area contributed by atoms with E-state index in [9.17, 15) is 9.18 Å². The van der Waals surface area contributed by atoms with Crippen LogP contribution in [0.4, 0.5) is 4.39 Å². The Morgan fingerprint density at radius 2 is 2.00 bits per heavy atom. The molecular formula is C17H14FN3O2. The summed E-state index contributed by atoms with van der Waals surface area (Å²) in [5, 5.41) is 0. The van der Waals surface area contributed by atoms with Crippen molar-refractivity contribution in [2.24, 2.45) is 0 Å². The van der Waals surface area contributed by atoms with Crippen molar-refractivity contribution in [2.45, 2.75) is 0 Å². The number of aromatic nitrogens is 2. The average Bonchev–Trinajstić information content (AvgIpc) is 3.08. The van der Waals surface area contributed by atoms with E-state index in [1.54, 1.807) is 44.6 Å². The number of carbonyl (C=O) groups is 1. The van der Waals surface area contributed by atoms with Gasteiger partial charge in [0.15, 0.2) is 0 Å². The van der Waals surface area contributed by atoms with Gasteiger partial charge in [-0.25, -0.2) is 9.37 Å². The van der Waals surface area contributed by atoms with E-state index in [0.717, 1.165) is 0 Å². The predicted octanol–water partition coefficient (Wildman–Crippen LogP) is 3.24. The Labute approximate surface area is 132 Å². The molecule has 3 aromatic rings. The number of hydrogen-bond acceptors (Lipinski definition) is 4. The van der Waals surface area contributed by atoms with Crippen LogP contribution in [0.25, 0.3) is 22.7 Å². The molecule has 1 aromatic carbocycles. The van der Waals surface area contributed by atoms with Crippen molar-refractivity contribution in [1.29, 1.82) is 0 Å². The lowest BCUT2D eigenvalue weighted by Crippen LogP contribution is -2.23. The van der Waals surface area contributed by atoms with Crippen molar-refractivity contribution in [1.82, 2.24) is 14.9 Å². The molecule has 0 radical (unpaired) electrons. The van der Waals surface area contributed by atoms with Crippen LogP contribution in [0.3, 0.4) is 0 Å². The second-order valence-corrected chi connectivity index (χ2v) is 5.13. The zero-order chi connectivity index (χ0) is 16.4. The molecular weight excluding hydrogens is 297 g/mol. The SMILES string of the molecule is CN(C)C(=O)c1cc(-c2ncco2)cc(F)c1-c1ccccn1. The molecule has 0 atom stereocenters. The number of nitrogens with zero attached hydrogens (tertiary/aromatic N) is 3. The third-order valence-corrected chi connectivity index (χ3v) is 3.33. The summed E-state index contributed by atoms with van der Waals surface area (Å²) in [6, 6.07) is 8.00. The highest BCUT2D eigenvalue weighted by Crippen LogP contribution is 2.31. The van der Waals surface area contributed by atoms with Gasteiger partial charge in [0.2, 0.25) is 5.89 Å². The number of hydrogen-bond donors (Lipinski definition) is 0. The molecule has 0 spiro atoms. The van der Waals surface area contributed by atoms with E-state index >= 15 is 0 Å². The Morgan fingerprint density at radius 1 is 1.17 bits per heavy atom. The molecule has 0 bridgehead atoms. The van der Waals surface area contributed by atoms with Gasteiger partial charge >= 0.3 is 0 Å². The minimum absolute atomic E-state index is 0.166. The molecule has 1 amide bonds. The molecule has 0 aliphatic heterocycles. The smallest absolute Gasteiger partial charge is 0.254 e. The predicted molar refractivity (Wildman–Crippen MR) is 83.1 cm³/mol. The highest BCUT2D eigenvalue weighted by Gasteiger charge is 2.22. The molecule has 0 aliphatic carbocycles. The van der Waals surface area contributed by atoms with Gasteiger partial charge in [-0.1, -0.05) is 6.07 Å². The summed E-state index contributed by atoms with van der Waals surface area (Å²) in [4.78, 5) is 22.0. The summed E-state index contributed by atoms with van der Waals surface area (Å²) in [6.45, 7) is 0. The monoisotopic (exact) mass is 311 g/mol. The fourth-order valence-corrected chi connectivity index (χ4v) is 2.28. The van der Waals surface area contributed by atoms with Crippen molar-refractivity contribution in [3.63, 3.8) is 0 Å². The van der Waals surface area contributed by atoms with Crippen molar-refractivity contribution in [2.75, 3.05) is 14.1 Å². The van der Waals surface area contributed by atoms with Crippen molar-refractivity contribution in [3.8, 4) is 22.7 Å². The first-order valence-electron chi connectivity index (χ1n) is 6.94. The number of rotatable bonds is 3. The standard InChI is InChI=1S/C17H14FN3O2/c1-21(2)17(22)12-9-11(16-20-7-8-23-16)10-13(18)15(12)14-5-3-4-6-19-14/h3-10H,1-2H3. The molecule has 0 fully saturated rings. The Kier molecular flexibility index (Phi) is 3.89. The number of carbonyl (C=O) groups excluding carboxylic acids is 1. The van der Waals surface area contributed by atoms with Crippen LogP contribution in [0.5, 0.6) is 0 Å². The summed E-state index contributed by atoms with van der Waals surface area (Å²) in [5.41, 5.74) is 1.17. The topological polar surface area (TPSA) is 59.2 Å². The maximum Gasteiger partial charge on any atom is 0.254 e. The third kappa shape index (κ3) is 2.83. The highest BCUT2D eigenvalue weighted by molar-refractivity contribution is 6.01. The molecule has 0 saturated heterocycles. The Bertz CT molecular complexity index is 831. The Hall–Kier alpha value is -3.02. The van der Waals surface area contributed by atoms with Crippen molar-refractivity contribution < 1.29 is 13.6 Å². The minimum atomic E-state index is -0.551. The van der Waals surface area contributed by atoms with E-state index in [2.05, 4.69) is 9.97 Å². The van der Waals surface area contributed by atoms with E-state index in [1.807, 2.05) is 0 Å². The fraction of sp³-hybridized carbons (Fsp3) is 0.118. The van der Waals surface area contributed by atoms with Gasteiger partial charge in [0.05, 0.1) is 17.5 Å². The molecule has 5 nitrogen and oxygen atoms in total. The van der Waals surface area contributed by atoms with Gasteiger partial charge in [0.1, 0.15) is 12.1 Å². The lowest BCUT2D eigenvalue weighted by molar-refractivity contribution is 0.0828. The number of oxazole rings is 1. The molecule has 0 N–H and O–H groups in total. The van der Waals surface area contributed by atoms with Crippen LogP contribution in [-0.2, 0) is 0 Å². The first-order valence-corrected chi connectivity index (χ1v) is 6.94. The molecule has 2 aromatic heterocycles. The number of pyridine rings is 1. The molecule has 3 rings (SSSR count). The van der Waals surface area contributed by atoms with Crippen molar-refractivity contribution >= 4 is 5.91 Å². The zero-order valence-electron chi connectivity index (χ0n) is 12.7. The Balaban J connectivity index is 2.25. The summed E-state index contributed by atoms with van der Waals surface area (Å²) < 4.78 is 19.9. The summed E-state index contributed by atoms with van der Waals surface area (Å²) in [6.07, 6.45) is 4.42. The van der Waals surface area contributed by atoms with Crippen LogP contribution in [0.1, 0.15) is 10.4 Å². The lowest BCUT2D eigenvalue weighted by Gasteiger charge is -2.15. The average molecular weight is 311 g/mol. The van der Waals surface area contributed by atoms with E-state index in [0.29, 0.717) is 11.3 Å². The van der Waals surface area contributed by atoms with Crippen LogP contribution in [0.2, 0.25) is 0 Å². The second kappa shape index (κ2) is 6.00. The quantitative estimate of drug-likeness (QED) is 0.745. The third-order valence-electron chi connectivity index (χ3n) is 3.33. The first-order chi connectivity index (χ1) is 11.1. The van der Waals surface area contributed by atoms with Crippen LogP contribution >= 0.6 is 0 Å². The van der Waals surface area contributed by atoms with Crippen LogP contribution in [0.15, 0.2) is 53.4 Å². The minimum Gasteiger partial charge on any atom is -0.445 e. The normalized spacial score (nSPS) is 10.6. The van der Waals surface area contributed by atoms with E-state index < -0.39 is 5.82 Å². The molecule has 6 heteroatoms. The largest absolute Gasteiger partial charge is 0.445 e. The highest BCUT2D eigenvalue weighted by atomic mass is 19.1. The number of amides is 1. The van der Waals surface area contributed by atoms with Crippen LogP contribution < -0.4 is 0 Å². The fourth-order valence-electron chi connectivity index (χ4n) is 2.28. The maximum absolute atomic E-state index is 14.7. The van der Waals surface area contributed by atoms with Gasteiger partial charge in [-0.15, -0.1) is 0 Å². The van der Waals surface area contributed by atoms with E-state index in [4.69, 9.17) is 4.42 Å². The van der Waals surface area contributed by atoms with Gasteiger partial charge in [0, 0.05) is 31.4 Å². The molecule has 116 valence electrons. The van der Waals surface area contributed by atoms with Gasteiger partial charge in [-0.05, 0) is 24.3 Å². The molecule has 0 aliphatic rings. The first kappa shape index (κ1) is 14.9. The number of benzene rings is 1. The molecule has 2 heterocycles. The zero-order valence-corrected chi connectivity index (χ0v) is 12.7. The number of halogens is 1.